The van der Waals surface area contributed by atoms with Gasteiger partial charge in [-0.05, 0) is 36.4 Å². The molecule has 0 bridgehead atoms. The first-order valence-electron chi connectivity index (χ1n) is 9.07. The lowest BCUT2D eigenvalue weighted by atomic mass is 10.2. The number of carbonyl (C=O) groups excluding carboxylic acids is 1. The van der Waals surface area contributed by atoms with Crippen LogP contribution < -0.4 is 9.64 Å². The highest BCUT2D eigenvalue weighted by Crippen LogP contribution is 2.29. The Labute approximate surface area is 167 Å². The highest BCUT2D eigenvalue weighted by molar-refractivity contribution is 6.35. The lowest BCUT2D eigenvalue weighted by molar-refractivity contribution is -0.133. The lowest BCUT2D eigenvalue weighted by Gasteiger charge is -2.36. The van der Waals surface area contributed by atoms with Gasteiger partial charge in [-0.2, -0.15) is 0 Å². The first kappa shape index (κ1) is 18.5. The first-order valence-corrected chi connectivity index (χ1v) is 9.44. The summed E-state index contributed by atoms with van der Waals surface area (Å²) in [5, 5.41) is 1.37. The number of benzene rings is 2. The first-order chi connectivity index (χ1) is 13.6. The Morgan fingerprint density at radius 1 is 1.07 bits per heavy atom. The smallest absolute Gasteiger partial charge is 0.260 e. The van der Waals surface area contributed by atoms with Gasteiger partial charge in [-0.1, -0.05) is 23.7 Å². The Morgan fingerprint density at radius 3 is 2.64 bits per heavy atom. The molecule has 1 fully saturated rings. The number of halogens is 2. The summed E-state index contributed by atoms with van der Waals surface area (Å²) in [6, 6.07) is 13.8. The molecule has 144 valence electrons. The van der Waals surface area contributed by atoms with Crippen molar-refractivity contribution in [3.63, 3.8) is 0 Å². The van der Waals surface area contributed by atoms with Crippen LogP contribution >= 0.6 is 11.6 Å². The summed E-state index contributed by atoms with van der Waals surface area (Å²) in [5.74, 6) is 0.179. The van der Waals surface area contributed by atoms with Crippen LogP contribution in [0.1, 0.15) is 0 Å². The van der Waals surface area contributed by atoms with Gasteiger partial charge in [-0.15, -0.1) is 0 Å². The van der Waals surface area contributed by atoms with Crippen LogP contribution in [0.2, 0.25) is 5.02 Å². The SMILES string of the molecule is O=C(COc1ccc(Cl)c2cccnc12)N1CCN(c2ccccc2F)CC1. The minimum Gasteiger partial charge on any atom is -0.481 e. The molecule has 1 aliphatic heterocycles. The zero-order valence-corrected chi connectivity index (χ0v) is 15.9. The Hall–Kier alpha value is -2.86. The van der Waals surface area contributed by atoms with Crippen molar-refractivity contribution in [3.8, 4) is 5.75 Å². The van der Waals surface area contributed by atoms with Gasteiger partial charge in [0, 0.05) is 37.8 Å². The summed E-state index contributed by atoms with van der Waals surface area (Å²) in [4.78, 5) is 20.5. The molecular formula is C21H19ClFN3O2. The van der Waals surface area contributed by atoms with Crippen molar-refractivity contribution in [2.75, 3.05) is 37.7 Å². The van der Waals surface area contributed by atoms with Crippen LogP contribution in [0.25, 0.3) is 10.9 Å². The maximum absolute atomic E-state index is 13.9. The molecule has 0 saturated carbocycles. The second-order valence-corrected chi connectivity index (χ2v) is 6.96. The largest absolute Gasteiger partial charge is 0.481 e. The zero-order chi connectivity index (χ0) is 19.5. The second kappa shape index (κ2) is 8.02. The highest BCUT2D eigenvalue weighted by atomic mass is 35.5. The van der Waals surface area contributed by atoms with Gasteiger partial charge in [-0.3, -0.25) is 9.78 Å². The average molecular weight is 400 g/mol. The minimum absolute atomic E-state index is 0.0764. The van der Waals surface area contributed by atoms with Crippen LogP contribution in [0.15, 0.2) is 54.7 Å². The van der Waals surface area contributed by atoms with Gasteiger partial charge >= 0.3 is 0 Å². The Morgan fingerprint density at radius 2 is 1.86 bits per heavy atom. The van der Waals surface area contributed by atoms with E-state index in [0.717, 1.165) is 5.39 Å². The number of nitrogens with zero attached hydrogens (tertiary/aromatic N) is 3. The molecule has 1 saturated heterocycles. The molecule has 1 aliphatic rings. The van der Waals surface area contributed by atoms with Crippen molar-refractivity contribution in [2.24, 2.45) is 0 Å². The molecule has 2 heterocycles. The average Bonchev–Trinajstić information content (AvgIpc) is 2.74. The number of ether oxygens (including phenoxy) is 1. The van der Waals surface area contributed by atoms with E-state index in [1.807, 2.05) is 17.0 Å². The molecule has 0 aliphatic carbocycles. The van der Waals surface area contributed by atoms with Crippen molar-refractivity contribution < 1.29 is 13.9 Å². The summed E-state index contributed by atoms with van der Waals surface area (Å²) < 4.78 is 19.7. The molecule has 3 aromatic rings. The van der Waals surface area contributed by atoms with Crippen LogP contribution in [-0.2, 0) is 4.79 Å². The van der Waals surface area contributed by atoms with Gasteiger partial charge < -0.3 is 14.5 Å². The van der Waals surface area contributed by atoms with Crippen LogP contribution in [0.5, 0.6) is 5.75 Å². The molecular weight excluding hydrogens is 381 g/mol. The summed E-state index contributed by atoms with van der Waals surface area (Å²) in [6.07, 6.45) is 1.66. The number of hydrogen-bond acceptors (Lipinski definition) is 4. The van der Waals surface area contributed by atoms with Crippen LogP contribution in [-0.4, -0.2) is 48.6 Å². The van der Waals surface area contributed by atoms with Crippen molar-refractivity contribution in [1.82, 2.24) is 9.88 Å². The second-order valence-electron chi connectivity index (χ2n) is 6.55. The van der Waals surface area contributed by atoms with E-state index < -0.39 is 0 Å². The fourth-order valence-electron chi connectivity index (χ4n) is 3.36. The zero-order valence-electron chi connectivity index (χ0n) is 15.1. The molecule has 0 unspecified atom stereocenters. The quantitative estimate of drug-likeness (QED) is 0.670. The number of piperazine rings is 1. The van der Waals surface area contributed by atoms with Gasteiger partial charge in [0.1, 0.15) is 17.1 Å². The van der Waals surface area contributed by atoms with Crippen LogP contribution in [0.3, 0.4) is 0 Å². The Balaban J connectivity index is 1.37. The fraction of sp³-hybridized carbons (Fsp3) is 0.238. The number of aromatic nitrogens is 1. The standard InChI is InChI=1S/C21H19ClFN3O2/c22-16-7-8-19(21-15(16)4-3-9-24-21)28-14-20(27)26-12-10-25(11-13-26)18-6-2-1-5-17(18)23/h1-9H,10-14H2. The molecule has 1 aromatic heterocycles. The summed E-state index contributed by atoms with van der Waals surface area (Å²) >= 11 is 6.19. The Bertz CT molecular complexity index is 1010. The number of rotatable bonds is 4. The molecule has 2 aromatic carbocycles. The summed E-state index contributed by atoms with van der Waals surface area (Å²) in [6.45, 7) is 2.13. The highest BCUT2D eigenvalue weighted by Gasteiger charge is 2.23. The van der Waals surface area contributed by atoms with E-state index in [4.69, 9.17) is 16.3 Å². The van der Waals surface area contributed by atoms with E-state index in [-0.39, 0.29) is 18.3 Å². The number of anilines is 1. The van der Waals surface area contributed by atoms with Gasteiger partial charge in [-0.25, -0.2) is 4.39 Å². The molecule has 1 amide bonds. The fourth-order valence-corrected chi connectivity index (χ4v) is 3.58. The van der Waals surface area contributed by atoms with Gasteiger partial charge in [0.15, 0.2) is 6.61 Å². The molecule has 0 N–H and O–H groups in total. The van der Waals surface area contributed by atoms with Crippen molar-refractivity contribution in [3.05, 3.63) is 65.6 Å². The molecule has 0 spiro atoms. The minimum atomic E-state index is -0.243. The van der Waals surface area contributed by atoms with E-state index in [1.165, 1.54) is 6.07 Å². The van der Waals surface area contributed by atoms with Crippen molar-refractivity contribution >= 4 is 34.1 Å². The Kier molecular flexibility index (Phi) is 5.30. The third-order valence-corrected chi connectivity index (χ3v) is 5.19. The molecule has 5 nitrogen and oxygen atoms in total. The van der Waals surface area contributed by atoms with Gasteiger partial charge in [0.25, 0.3) is 5.91 Å². The predicted molar refractivity (Wildman–Crippen MR) is 107 cm³/mol. The van der Waals surface area contributed by atoms with E-state index in [9.17, 15) is 9.18 Å². The third-order valence-electron chi connectivity index (χ3n) is 4.86. The van der Waals surface area contributed by atoms with E-state index in [1.54, 1.807) is 41.4 Å². The number of hydrogen-bond donors (Lipinski definition) is 0. The van der Waals surface area contributed by atoms with E-state index in [2.05, 4.69) is 4.98 Å². The maximum atomic E-state index is 13.9. The summed E-state index contributed by atoms with van der Waals surface area (Å²) in [5.41, 5.74) is 1.21. The number of carbonyl (C=O) groups is 1. The molecule has 0 atom stereocenters. The molecule has 0 radical (unpaired) electrons. The lowest BCUT2D eigenvalue weighted by Crippen LogP contribution is -2.50. The predicted octanol–water partition coefficient (Wildman–Crippen LogP) is 3.75. The van der Waals surface area contributed by atoms with Crippen LogP contribution in [0, 0.1) is 5.82 Å². The van der Waals surface area contributed by atoms with E-state index in [0.29, 0.717) is 48.2 Å². The van der Waals surface area contributed by atoms with Gasteiger partial charge in [0.2, 0.25) is 0 Å². The van der Waals surface area contributed by atoms with Crippen molar-refractivity contribution in [2.45, 2.75) is 0 Å². The third kappa shape index (κ3) is 3.73. The normalized spacial score (nSPS) is 14.4. The molecule has 4 rings (SSSR count). The number of para-hydroxylation sites is 1. The maximum Gasteiger partial charge on any atom is 0.260 e. The van der Waals surface area contributed by atoms with Crippen molar-refractivity contribution in [1.29, 1.82) is 0 Å². The number of amides is 1. The summed E-state index contributed by atoms with van der Waals surface area (Å²) in [7, 11) is 0. The van der Waals surface area contributed by atoms with E-state index >= 15 is 0 Å². The number of pyridine rings is 1. The monoisotopic (exact) mass is 399 g/mol. The van der Waals surface area contributed by atoms with Gasteiger partial charge in [0.05, 0.1) is 10.7 Å². The number of fused-ring (bicyclic) bond motifs is 1. The topological polar surface area (TPSA) is 45.7 Å². The molecule has 28 heavy (non-hydrogen) atoms. The van der Waals surface area contributed by atoms with Crippen LogP contribution in [0.4, 0.5) is 10.1 Å². The molecule has 7 heteroatoms.